The molecule has 65 heavy (non-hydrogen) atoms. The zero-order valence-electron chi connectivity index (χ0n) is 27.8. The van der Waals surface area contributed by atoms with Crippen LogP contribution in [-0.4, -0.2) is 125 Å². The van der Waals surface area contributed by atoms with E-state index in [0.29, 0.717) is 0 Å². The summed E-state index contributed by atoms with van der Waals surface area (Å²) in [5.41, 5.74) is 0. The fourth-order valence-electron chi connectivity index (χ4n) is 3.81. The molecule has 0 heterocycles. The zero-order chi connectivity index (χ0) is 54.5. The molecule has 0 aliphatic carbocycles. The Balaban J connectivity index is 8.03. The number of hydrogen-bond donors (Lipinski definition) is 0. The van der Waals surface area contributed by atoms with E-state index in [2.05, 4.69) is 0 Å². The first-order valence-corrected chi connectivity index (χ1v) is 13.6. The zero-order valence-corrected chi connectivity index (χ0v) is 27.8. The molecule has 0 radical (unpaired) electrons. The van der Waals surface area contributed by atoms with Crippen LogP contribution >= 0.6 is 0 Å². The summed E-state index contributed by atoms with van der Waals surface area (Å²) in [7, 11) is 0. The highest BCUT2D eigenvalue weighted by molar-refractivity contribution is 5.24. The molecule has 0 nitrogen and oxygen atoms in total. The Morgan fingerprint density at radius 3 is 0.277 bits per heavy atom. The summed E-state index contributed by atoms with van der Waals surface area (Å²) in [6.07, 6.45) is -8.55. The Bertz CT molecular complexity index is 1600. The molecule has 392 valence electrons. The minimum absolute atomic E-state index is 1.79. The van der Waals surface area contributed by atoms with Gasteiger partial charge in [-0.15, -0.1) is 0 Å². The summed E-state index contributed by atoms with van der Waals surface area (Å²) >= 11 is 0. The van der Waals surface area contributed by atoms with Crippen molar-refractivity contribution in [1.82, 2.24) is 0 Å². The molecule has 0 amide bonds. The lowest BCUT2D eigenvalue weighted by molar-refractivity contribution is -0.496. The first-order chi connectivity index (χ1) is 27.0. The van der Waals surface area contributed by atoms with Gasteiger partial charge < -0.3 is 0 Å². The van der Waals surface area contributed by atoms with E-state index in [0.717, 1.165) is 0 Å². The second-order valence-corrected chi connectivity index (χ2v) is 12.3. The Morgan fingerprint density at radius 2 is 0.200 bits per heavy atom. The normalized spacial score (nSPS) is 17.5. The molecule has 0 saturated carbocycles. The van der Waals surface area contributed by atoms with Crippen LogP contribution in [0.25, 0.3) is 0 Å². The smallest absolute Gasteiger partial charge is 0.200 e. The van der Waals surface area contributed by atoms with Gasteiger partial charge in [0, 0.05) is 6.92 Å². The van der Waals surface area contributed by atoms with Crippen LogP contribution in [0, 0.1) is 0 Å². The van der Waals surface area contributed by atoms with Gasteiger partial charge in [0.25, 0.3) is 0 Å². The Kier molecular flexibility index (Phi) is 13.8. The third-order valence-electron chi connectivity index (χ3n) is 8.01. The number of alkyl halides is 43. The van der Waals surface area contributed by atoms with E-state index >= 15 is 0 Å². The molecule has 43 heteroatoms. The van der Waals surface area contributed by atoms with Gasteiger partial charge in [-0.2, -0.15) is 189 Å². The summed E-state index contributed by atoms with van der Waals surface area (Å²) in [4.78, 5) is 0. The fraction of sp³-hybridized carbons (Fsp3) is 1.00. The Labute approximate surface area is 322 Å². The molecule has 0 fully saturated rings. The lowest BCUT2D eigenvalue weighted by atomic mass is 9.81. The molecule has 0 N–H and O–H groups in total. The molecule has 0 aromatic rings. The van der Waals surface area contributed by atoms with Crippen molar-refractivity contribution in [3.63, 3.8) is 0 Å². The Hall–Kier alpha value is -3.01. The van der Waals surface area contributed by atoms with E-state index < -0.39 is 132 Å². The van der Waals surface area contributed by atoms with Crippen LogP contribution in [0.4, 0.5) is 189 Å². The van der Waals surface area contributed by atoms with Crippen LogP contribution in [0.5, 0.6) is 0 Å². The summed E-state index contributed by atoms with van der Waals surface area (Å²) in [6.45, 7) is -1.79. The summed E-state index contributed by atoms with van der Waals surface area (Å²) < 4.78 is 582. The SMILES string of the molecule is CC(F)(F)C(F)(F)C(F)(F)C(F)(F)C(F)(F)C(F)(F)C(F)(F)C(F)(F)C(F)(F)C(F)(F)C(F)(F)C(F)(F)C(F)(F)C(F)(F)C(F)(F)C(F)(F)C(F)(F)C(F)(F)C(F)(F)C(F)(F)C(F)(F)F. The van der Waals surface area contributed by atoms with Gasteiger partial charge in [0.1, 0.15) is 0 Å². The van der Waals surface area contributed by atoms with Gasteiger partial charge in [0.15, 0.2) is 0 Å². The minimum Gasteiger partial charge on any atom is -0.200 e. The van der Waals surface area contributed by atoms with Gasteiger partial charge in [-0.1, -0.05) is 0 Å². The van der Waals surface area contributed by atoms with E-state index in [4.69, 9.17) is 0 Å². The van der Waals surface area contributed by atoms with Gasteiger partial charge in [-0.25, -0.2) is 0 Å². The van der Waals surface area contributed by atoms with Gasteiger partial charge >= 0.3 is 125 Å². The van der Waals surface area contributed by atoms with E-state index in [-0.39, 0.29) is 0 Å². The van der Waals surface area contributed by atoms with E-state index in [1.807, 2.05) is 0 Å². The minimum atomic E-state index is -10.7. The molecule has 0 rings (SSSR count). The highest BCUT2D eigenvalue weighted by Crippen LogP contribution is 2.71. The van der Waals surface area contributed by atoms with Gasteiger partial charge in [-0.3, -0.25) is 0 Å². The van der Waals surface area contributed by atoms with Crippen molar-refractivity contribution < 1.29 is 189 Å². The lowest BCUT2D eigenvalue weighted by Gasteiger charge is -2.47. The van der Waals surface area contributed by atoms with Crippen molar-refractivity contribution >= 4 is 0 Å². The third-order valence-corrected chi connectivity index (χ3v) is 8.01. The van der Waals surface area contributed by atoms with E-state index in [1.165, 1.54) is 0 Å². The van der Waals surface area contributed by atoms with Crippen molar-refractivity contribution in [3.05, 3.63) is 0 Å². The summed E-state index contributed by atoms with van der Waals surface area (Å²) in [5, 5.41) is 0. The van der Waals surface area contributed by atoms with Crippen molar-refractivity contribution in [2.45, 2.75) is 132 Å². The molecule has 0 aromatic carbocycles. The molecular weight excluding hydrogens is 1080 g/mol. The predicted octanol–water partition coefficient (Wildman–Crippen LogP) is 14.3. The molecule has 0 saturated heterocycles. The first-order valence-electron chi connectivity index (χ1n) is 13.6. The van der Waals surface area contributed by atoms with Gasteiger partial charge in [-0.05, 0) is 0 Å². The maximum absolute atomic E-state index is 14.0. The molecule has 0 aliphatic heterocycles. The van der Waals surface area contributed by atoms with E-state index in [1.54, 1.807) is 0 Å². The standard InChI is InChI=1S/C22H3F43/c1-2(23,24)3(25,26)4(27,28)5(29,30)6(31,32)7(33,34)8(35,36)9(37,38)10(39,40)11(41,42)12(43,44)13(45,46)14(47,48)15(49,50)16(51,52)17(53,54)18(55,56)19(57,58)20(59,60)21(61,62)22(63,64)65/h1H3. The molecule has 0 unspecified atom stereocenters. The predicted molar refractivity (Wildman–Crippen MR) is 111 cm³/mol. The van der Waals surface area contributed by atoms with Crippen molar-refractivity contribution in [3.8, 4) is 0 Å². The maximum Gasteiger partial charge on any atom is 0.460 e. The molecule has 0 bridgehead atoms. The van der Waals surface area contributed by atoms with Crippen molar-refractivity contribution in [1.29, 1.82) is 0 Å². The van der Waals surface area contributed by atoms with Crippen LogP contribution < -0.4 is 0 Å². The maximum atomic E-state index is 14.0. The third kappa shape index (κ3) is 6.78. The first kappa shape index (κ1) is 62.0. The summed E-state index contributed by atoms with van der Waals surface area (Å²) in [5.74, 6) is -199. The van der Waals surface area contributed by atoms with Crippen LogP contribution in [-0.2, 0) is 0 Å². The van der Waals surface area contributed by atoms with Crippen molar-refractivity contribution in [2.24, 2.45) is 0 Å². The van der Waals surface area contributed by atoms with E-state index in [9.17, 15) is 189 Å². The highest BCUT2D eigenvalue weighted by Gasteiger charge is 3.03. The fourth-order valence-corrected chi connectivity index (χ4v) is 3.81. The second-order valence-electron chi connectivity index (χ2n) is 12.3. The molecule has 0 atom stereocenters. The molecule has 0 aliphatic rings. The number of rotatable bonds is 19. The van der Waals surface area contributed by atoms with Crippen molar-refractivity contribution in [2.75, 3.05) is 0 Å². The highest BCUT2D eigenvalue weighted by atomic mass is 19.4. The lowest BCUT2D eigenvalue weighted by Crippen LogP contribution is -2.80. The van der Waals surface area contributed by atoms with Crippen LogP contribution in [0.1, 0.15) is 6.92 Å². The second kappa shape index (κ2) is 14.5. The molecule has 0 spiro atoms. The number of hydrogen-bond acceptors (Lipinski definition) is 0. The molecular formula is C22H3F43. The van der Waals surface area contributed by atoms with Gasteiger partial charge in [0.05, 0.1) is 0 Å². The average molecular weight is 1080 g/mol. The Morgan fingerprint density at radius 1 is 0.123 bits per heavy atom. The average Bonchev–Trinajstić information content (AvgIpc) is 3.05. The van der Waals surface area contributed by atoms with Crippen LogP contribution in [0.2, 0.25) is 0 Å². The van der Waals surface area contributed by atoms with Crippen LogP contribution in [0.15, 0.2) is 0 Å². The quantitative estimate of drug-likeness (QED) is 0.113. The largest absolute Gasteiger partial charge is 0.460 e. The monoisotopic (exact) mass is 1080 g/mol. The van der Waals surface area contributed by atoms with Crippen LogP contribution in [0.3, 0.4) is 0 Å². The topological polar surface area (TPSA) is 0 Å². The van der Waals surface area contributed by atoms with Gasteiger partial charge in [0.2, 0.25) is 0 Å². The number of halogens is 43. The molecule has 0 aromatic heterocycles. The summed E-state index contributed by atoms with van der Waals surface area (Å²) in [6, 6.07) is 0.